The van der Waals surface area contributed by atoms with E-state index in [0.717, 1.165) is 43.9 Å². The first-order chi connectivity index (χ1) is 16.7. The average molecular weight is 486 g/mol. The van der Waals surface area contributed by atoms with E-state index in [-0.39, 0.29) is 11.5 Å². The summed E-state index contributed by atoms with van der Waals surface area (Å²) >= 11 is 0. The number of nitrogens with zero attached hydrogens (tertiary/aromatic N) is 4. The smallest absolute Gasteiger partial charge is 0.416 e. The normalized spacial score (nSPS) is 18.0. The maximum atomic E-state index is 13.1. The lowest BCUT2D eigenvalue weighted by molar-refractivity contribution is -0.137. The van der Waals surface area contributed by atoms with E-state index < -0.39 is 23.7 Å². The van der Waals surface area contributed by atoms with Gasteiger partial charge in [0.2, 0.25) is 0 Å². The van der Waals surface area contributed by atoms with Crippen LogP contribution in [-0.2, 0) is 15.8 Å². The number of alkyl halides is 3. The molecule has 1 aromatic heterocycles. The topological polar surface area (TPSA) is 76.9 Å². The summed E-state index contributed by atoms with van der Waals surface area (Å²) in [5.74, 6) is -0.896. The molecule has 0 spiro atoms. The van der Waals surface area contributed by atoms with Gasteiger partial charge >= 0.3 is 18.1 Å². The second-order valence-electron chi connectivity index (χ2n) is 8.16. The highest BCUT2D eigenvalue weighted by Gasteiger charge is 2.31. The number of anilines is 1. The molecule has 0 saturated carbocycles. The van der Waals surface area contributed by atoms with E-state index in [0.29, 0.717) is 35.5 Å². The van der Waals surface area contributed by atoms with Crippen LogP contribution in [-0.4, -0.2) is 59.3 Å². The SMILES string of the molecule is CCN1CCN(c2nn(-c3ccc(C(F)(F)F)cc3)c3ccc4c(c23)OC(=O)/C=C/C(=O)O4)CC1. The van der Waals surface area contributed by atoms with Crippen molar-refractivity contribution < 1.29 is 32.2 Å². The van der Waals surface area contributed by atoms with E-state index >= 15 is 0 Å². The molecule has 1 fully saturated rings. The van der Waals surface area contributed by atoms with Crippen LogP contribution in [0.5, 0.6) is 11.5 Å². The van der Waals surface area contributed by atoms with E-state index in [4.69, 9.17) is 14.6 Å². The summed E-state index contributed by atoms with van der Waals surface area (Å²) < 4.78 is 51.6. The van der Waals surface area contributed by atoms with Crippen LogP contribution in [0.25, 0.3) is 16.6 Å². The lowest BCUT2D eigenvalue weighted by atomic mass is 10.1. The quantitative estimate of drug-likeness (QED) is 0.414. The van der Waals surface area contributed by atoms with Crippen LogP contribution in [0, 0.1) is 0 Å². The number of hydrogen-bond acceptors (Lipinski definition) is 7. The molecule has 0 unspecified atom stereocenters. The van der Waals surface area contributed by atoms with Crippen molar-refractivity contribution in [2.24, 2.45) is 0 Å². The molecule has 35 heavy (non-hydrogen) atoms. The molecule has 5 rings (SSSR count). The van der Waals surface area contributed by atoms with Crippen molar-refractivity contribution in [3.05, 3.63) is 54.1 Å². The highest BCUT2D eigenvalue weighted by Crippen LogP contribution is 2.43. The van der Waals surface area contributed by atoms with Crippen molar-refractivity contribution in [2.45, 2.75) is 13.1 Å². The molecule has 8 nitrogen and oxygen atoms in total. The van der Waals surface area contributed by atoms with Crippen molar-refractivity contribution in [3.8, 4) is 17.2 Å². The number of likely N-dealkylation sites (N-methyl/N-ethyl adjacent to an activating group) is 1. The highest BCUT2D eigenvalue weighted by molar-refractivity contribution is 6.03. The Hall–Kier alpha value is -3.86. The van der Waals surface area contributed by atoms with Crippen LogP contribution in [0.2, 0.25) is 0 Å². The van der Waals surface area contributed by atoms with Gasteiger partial charge in [0, 0.05) is 38.3 Å². The molecule has 3 heterocycles. The molecule has 0 N–H and O–H groups in total. The highest BCUT2D eigenvalue weighted by atomic mass is 19.4. The molecule has 2 aliphatic rings. The first-order valence-electron chi connectivity index (χ1n) is 11.1. The fourth-order valence-corrected chi connectivity index (χ4v) is 4.22. The predicted molar refractivity (Wildman–Crippen MR) is 121 cm³/mol. The summed E-state index contributed by atoms with van der Waals surface area (Å²) in [6.07, 6.45) is -2.51. The number of rotatable bonds is 3. The molecule has 2 aromatic carbocycles. The molecule has 0 amide bonds. The molecule has 1 saturated heterocycles. The molecule has 0 atom stereocenters. The monoisotopic (exact) mass is 486 g/mol. The maximum absolute atomic E-state index is 13.1. The van der Waals surface area contributed by atoms with Crippen molar-refractivity contribution >= 4 is 28.7 Å². The van der Waals surface area contributed by atoms with Crippen molar-refractivity contribution in [3.63, 3.8) is 0 Å². The average Bonchev–Trinajstić information content (AvgIpc) is 3.23. The van der Waals surface area contributed by atoms with Crippen LogP contribution in [0.1, 0.15) is 12.5 Å². The molecule has 0 radical (unpaired) electrons. The molecule has 3 aromatic rings. The third-order valence-electron chi connectivity index (χ3n) is 6.07. The molecular formula is C24H21F3N4O4. The number of fused-ring (bicyclic) bond motifs is 3. The Morgan fingerprint density at radius 2 is 1.57 bits per heavy atom. The lowest BCUT2D eigenvalue weighted by Gasteiger charge is -2.34. The Labute approximate surface area is 198 Å². The Bertz CT molecular complexity index is 1320. The first-order valence-corrected chi connectivity index (χ1v) is 11.1. The van der Waals surface area contributed by atoms with Gasteiger partial charge in [-0.2, -0.15) is 13.2 Å². The lowest BCUT2D eigenvalue weighted by Crippen LogP contribution is -2.46. The third-order valence-corrected chi connectivity index (χ3v) is 6.07. The van der Waals surface area contributed by atoms with Crippen LogP contribution < -0.4 is 14.4 Å². The Balaban J connectivity index is 1.68. The minimum atomic E-state index is -4.46. The first kappa shape index (κ1) is 22.9. The summed E-state index contributed by atoms with van der Waals surface area (Å²) in [5.41, 5.74) is 0.117. The molecule has 2 aliphatic heterocycles. The van der Waals surface area contributed by atoms with E-state index in [2.05, 4.69) is 11.8 Å². The van der Waals surface area contributed by atoms with E-state index in [1.54, 1.807) is 6.07 Å². The van der Waals surface area contributed by atoms with Gasteiger partial charge in [-0.05, 0) is 42.9 Å². The van der Waals surface area contributed by atoms with E-state index in [1.165, 1.54) is 22.9 Å². The molecule has 0 aliphatic carbocycles. The fourth-order valence-electron chi connectivity index (χ4n) is 4.22. The third kappa shape index (κ3) is 4.34. The minimum Gasteiger partial charge on any atom is -0.419 e. The number of esters is 2. The van der Waals surface area contributed by atoms with Crippen LogP contribution in [0.3, 0.4) is 0 Å². The van der Waals surface area contributed by atoms with Crippen molar-refractivity contribution in [2.75, 3.05) is 37.6 Å². The number of carbonyl (C=O) groups is 2. The standard InChI is InChI=1S/C24H21F3N4O4/c1-2-29-11-13-30(14-12-29)23-21-17(7-8-18-22(21)35-20(33)10-9-19(32)34-18)31(28-23)16-5-3-15(4-6-16)24(25,26)27/h3-10H,2,11-14H2,1H3/b10-9+. The van der Waals surface area contributed by atoms with Gasteiger partial charge < -0.3 is 19.3 Å². The maximum Gasteiger partial charge on any atom is 0.416 e. The number of carbonyl (C=O) groups excluding carboxylic acids is 2. The second kappa shape index (κ2) is 8.73. The zero-order valence-corrected chi connectivity index (χ0v) is 18.7. The molecular weight excluding hydrogens is 465 g/mol. The second-order valence-corrected chi connectivity index (χ2v) is 8.16. The van der Waals surface area contributed by atoms with Crippen LogP contribution >= 0.6 is 0 Å². The summed E-state index contributed by atoms with van der Waals surface area (Å²) in [7, 11) is 0. The van der Waals surface area contributed by atoms with Crippen molar-refractivity contribution in [1.82, 2.24) is 14.7 Å². The van der Waals surface area contributed by atoms with Gasteiger partial charge in [-0.15, -0.1) is 5.10 Å². The zero-order chi connectivity index (χ0) is 24.7. The van der Waals surface area contributed by atoms with Crippen LogP contribution in [0.4, 0.5) is 19.0 Å². The fraction of sp³-hybridized carbons (Fsp3) is 0.292. The summed E-state index contributed by atoms with van der Waals surface area (Å²) in [6.45, 7) is 5.85. The number of hydrogen-bond donors (Lipinski definition) is 0. The van der Waals surface area contributed by atoms with Gasteiger partial charge in [0.1, 0.15) is 0 Å². The molecule has 0 bridgehead atoms. The van der Waals surface area contributed by atoms with Gasteiger partial charge in [-0.3, -0.25) is 0 Å². The molecule has 11 heteroatoms. The van der Waals surface area contributed by atoms with Gasteiger partial charge in [0.25, 0.3) is 0 Å². The Morgan fingerprint density at radius 1 is 0.914 bits per heavy atom. The number of piperazine rings is 1. The zero-order valence-electron chi connectivity index (χ0n) is 18.7. The predicted octanol–water partition coefficient (Wildman–Crippen LogP) is 3.57. The van der Waals surface area contributed by atoms with Crippen LogP contribution in [0.15, 0.2) is 48.6 Å². The number of halogens is 3. The Morgan fingerprint density at radius 3 is 2.20 bits per heavy atom. The van der Waals surface area contributed by atoms with Gasteiger partial charge in [0.15, 0.2) is 17.3 Å². The van der Waals surface area contributed by atoms with Gasteiger partial charge in [0.05, 0.1) is 22.2 Å². The van der Waals surface area contributed by atoms with E-state index in [1.807, 2.05) is 4.90 Å². The summed E-state index contributed by atoms with van der Waals surface area (Å²) in [4.78, 5) is 28.6. The summed E-state index contributed by atoms with van der Waals surface area (Å²) in [6, 6.07) is 7.75. The van der Waals surface area contributed by atoms with E-state index in [9.17, 15) is 22.8 Å². The van der Waals surface area contributed by atoms with Gasteiger partial charge in [-0.1, -0.05) is 6.92 Å². The van der Waals surface area contributed by atoms with Crippen molar-refractivity contribution in [1.29, 1.82) is 0 Å². The minimum absolute atomic E-state index is 0.0382. The van der Waals surface area contributed by atoms with Gasteiger partial charge in [-0.25, -0.2) is 14.3 Å². The number of benzene rings is 2. The number of aromatic nitrogens is 2. The largest absolute Gasteiger partial charge is 0.419 e. The number of ether oxygens (including phenoxy) is 2. The summed E-state index contributed by atoms with van der Waals surface area (Å²) in [5, 5.41) is 5.16. The Kier molecular flexibility index (Phi) is 5.72. The molecule has 182 valence electrons.